The van der Waals surface area contributed by atoms with E-state index in [0.29, 0.717) is 36.8 Å². The molecule has 9 nitrogen and oxygen atoms in total. The van der Waals surface area contributed by atoms with Crippen LogP contribution < -0.4 is 0 Å². The molecule has 1 aromatic heterocycles. The van der Waals surface area contributed by atoms with Crippen LogP contribution in [0.1, 0.15) is 25.7 Å². The first kappa shape index (κ1) is 18.0. The molecule has 1 aliphatic rings. The fourth-order valence-electron chi connectivity index (χ4n) is 2.96. The minimum Gasteiger partial charge on any atom is -0.341 e. The highest BCUT2D eigenvalue weighted by atomic mass is 16.6. The van der Waals surface area contributed by atoms with Crippen LogP contribution in [-0.2, 0) is 11.3 Å². The lowest BCUT2D eigenvalue weighted by Gasteiger charge is -2.20. The molecule has 1 aromatic carbocycles. The molecule has 2 heterocycles. The highest BCUT2D eigenvalue weighted by Gasteiger charge is 2.20. The molecule has 0 saturated carbocycles. The first-order valence-electron chi connectivity index (χ1n) is 8.64. The SMILES string of the molecule is CCC(=O)N1CCCN(Cc2nc(-c3ccc([N+](=O)[O-])cc3)no2)CC1. The highest BCUT2D eigenvalue weighted by Crippen LogP contribution is 2.20. The summed E-state index contributed by atoms with van der Waals surface area (Å²) in [5, 5.41) is 14.7. The van der Waals surface area contributed by atoms with Gasteiger partial charge in [0.2, 0.25) is 17.6 Å². The molecule has 0 spiro atoms. The van der Waals surface area contributed by atoms with E-state index in [4.69, 9.17) is 4.52 Å². The fraction of sp³-hybridized carbons (Fsp3) is 0.471. The molecule has 0 aliphatic carbocycles. The van der Waals surface area contributed by atoms with Gasteiger partial charge in [-0.2, -0.15) is 4.98 Å². The van der Waals surface area contributed by atoms with Crippen molar-refractivity contribution in [3.05, 3.63) is 40.3 Å². The topological polar surface area (TPSA) is 106 Å². The first-order valence-corrected chi connectivity index (χ1v) is 8.64. The minimum atomic E-state index is -0.447. The molecule has 1 fully saturated rings. The van der Waals surface area contributed by atoms with Gasteiger partial charge in [-0.15, -0.1) is 0 Å². The smallest absolute Gasteiger partial charge is 0.269 e. The Morgan fingerprint density at radius 1 is 1.23 bits per heavy atom. The van der Waals surface area contributed by atoms with E-state index in [-0.39, 0.29) is 11.6 Å². The number of non-ortho nitro benzene ring substituents is 1. The van der Waals surface area contributed by atoms with Crippen LogP contribution in [0.2, 0.25) is 0 Å². The maximum atomic E-state index is 11.8. The van der Waals surface area contributed by atoms with Gasteiger partial charge in [0.1, 0.15) is 0 Å². The summed E-state index contributed by atoms with van der Waals surface area (Å²) in [5.41, 5.74) is 0.689. The van der Waals surface area contributed by atoms with Crippen molar-refractivity contribution in [2.45, 2.75) is 26.3 Å². The van der Waals surface area contributed by atoms with Crippen LogP contribution in [0, 0.1) is 10.1 Å². The summed E-state index contributed by atoms with van der Waals surface area (Å²) >= 11 is 0. The van der Waals surface area contributed by atoms with E-state index in [1.54, 1.807) is 12.1 Å². The molecule has 9 heteroatoms. The van der Waals surface area contributed by atoms with Gasteiger partial charge in [-0.25, -0.2) is 0 Å². The average Bonchev–Trinajstić information content (AvgIpc) is 2.99. The summed E-state index contributed by atoms with van der Waals surface area (Å²) < 4.78 is 5.32. The number of nitro benzene ring substituents is 1. The average molecular weight is 359 g/mol. The lowest BCUT2D eigenvalue weighted by atomic mass is 10.2. The Balaban J connectivity index is 1.61. The van der Waals surface area contributed by atoms with Crippen LogP contribution in [0.25, 0.3) is 11.4 Å². The molecule has 138 valence electrons. The Morgan fingerprint density at radius 2 is 2.00 bits per heavy atom. The van der Waals surface area contributed by atoms with E-state index in [0.717, 1.165) is 26.1 Å². The van der Waals surface area contributed by atoms with Gasteiger partial charge in [0, 0.05) is 50.3 Å². The Bertz CT molecular complexity index is 774. The van der Waals surface area contributed by atoms with Crippen molar-refractivity contribution in [1.82, 2.24) is 19.9 Å². The van der Waals surface area contributed by atoms with Crippen LogP contribution >= 0.6 is 0 Å². The third-order valence-electron chi connectivity index (χ3n) is 4.41. The van der Waals surface area contributed by atoms with E-state index < -0.39 is 4.92 Å². The van der Waals surface area contributed by atoms with Crippen molar-refractivity contribution in [3.8, 4) is 11.4 Å². The van der Waals surface area contributed by atoms with Gasteiger partial charge in [0.05, 0.1) is 11.5 Å². The summed E-state index contributed by atoms with van der Waals surface area (Å²) in [7, 11) is 0. The monoisotopic (exact) mass is 359 g/mol. The van der Waals surface area contributed by atoms with Gasteiger partial charge in [-0.1, -0.05) is 12.1 Å². The quantitative estimate of drug-likeness (QED) is 0.594. The van der Waals surface area contributed by atoms with E-state index in [1.807, 2.05) is 11.8 Å². The van der Waals surface area contributed by atoms with Crippen molar-refractivity contribution in [2.75, 3.05) is 26.2 Å². The Labute approximate surface area is 150 Å². The summed E-state index contributed by atoms with van der Waals surface area (Å²) in [4.78, 5) is 30.6. The Hall–Kier alpha value is -2.81. The van der Waals surface area contributed by atoms with Crippen LogP contribution in [-0.4, -0.2) is 56.9 Å². The zero-order valence-corrected chi connectivity index (χ0v) is 14.6. The molecule has 0 atom stereocenters. The lowest BCUT2D eigenvalue weighted by Crippen LogP contribution is -2.34. The number of rotatable bonds is 5. The van der Waals surface area contributed by atoms with Crippen LogP contribution in [0.3, 0.4) is 0 Å². The second kappa shape index (κ2) is 8.05. The minimum absolute atomic E-state index is 0.0215. The van der Waals surface area contributed by atoms with E-state index in [1.165, 1.54) is 12.1 Å². The number of benzene rings is 1. The molecular formula is C17H21N5O4. The van der Waals surface area contributed by atoms with E-state index in [2.05, 4.69) is 15.0 Å². The number of hydrogen-bond acceptors (Lipinski definition) is 7. The van der Waals surface area contributed by atoms with Gasteiger partial charge in [-0.05, 0) is 18.6 Å². The largest absolute Gasteiger partial charge is 0.341 e. The molecule has 1 amide bonds. The summed E-state index contributed by atoms with van der Waals surface area (Å²) in [6.07, 6.45) is 1.44. The van der Waals surface area contributed by atoms with Crippen LogP contribution in [0.4, 0.5) is 5.69 Å². The zero-order chi connectivity index (χ0) is 18.5. The number of aromatic nitrogens is 2. The molecule has 1 saturated heterocycles. The molecule has 0 N–H and O–H groups in total. The maximum absolute atomic E-state index is 11.8. The number of hydrogen-bond donors (Lipinski definition) is 0. The standard InChI is InChI=1S/C17H21N5O4/c1-2-16(23)21-9-3-8-20(10-11-21)12-15-18-17(19-26-15)13-4-6-14(7-5-13)22(24)25/h4-7H,2-3,8-12H2,1H3. The van der Waals surface area contributed by atoms with Gasteiger partial charge in [0.15, 0.2) is 0 Å². The lowest BCUT2D eigenvalue weighted by molar-refractivity contribution is -0.384. The normalized spacial score (nSPS) is 15.7. The van der Waals surface area contributed by atoms with Crippen molar-refractivity contribution in [1.29, 1.82) is 0 Å². The summed E-state index contributed by atoms with van der Waals surface area (Å²) in [6, 6.07) is 6.04. The highest BCUT2D eigenvalue weighted by molar-refractivity contribution is 5.75. The molecule has 3 rings (SSSR count). The fourth-order valence-corrected chi connectivity index (χ4v) is 2.96. The van der Waals surface area contributed by atoms with E-state index in [9.17, 15) is 14.9 Å². The zero-order valence-electron chi connectivity index (χ0n) is 14.6. The summed E-state index contributed by atoms with van der Waals surface area (Å²) in [6.45, 7) is 5.51. The molecular weight excluding hydrogens is 338 g/mol. The molecule has 26 heavy (non-hydrogen) atoms. The van der Waals surface area contributed by atoms with Crippen molar-refractivity contribution >= 4 is 11.6 Å². The molecule has 0 unspecified atom stereocenters. The second-order valence-electron chi connectivity index (χ2n) is 6.18. The van der Waals surface area contributed by atoms with Gasteiger partial charge >= 0.3 is 0 Å². The van der Waals surface area contributed by atoms with Crippen LogP contribution in [0.15, 0.2) is 28.8 Å². The number of amides is 1. The predicted octanol–water partition coefficient (Wildman–Crippen LogP) is 2.09. The number of carbonyl (C=O) groups is 1. The third-order valence-corrected chi connectivity index (χ3v) is 4.41. The molecule has 0 bridgehead atoms. The maximum Gasteiger partial charge on any atom is 0.269 e. The van der Waals surface area contributed by atoms with Gasteiger partial charge < -0.3 is 9.42 Å². The third kappa shape index (κ3) is 4.23. The Morgan fingerprint density at radius 3 is 2.69 bits per heavy atom. The number of carbonyl (C=O) groups excluding carboxylic acids is 1. The number of nitro groups is 1. The second-order valence-corrected chi connectivity index (χ2v) is 6.18. The first-order chi connectivity index (χ1) is 12.6. The predicted molar refractivity (Wildman–Crippen MR) is 93.2 cm³/mol. The Kier molecular flexibility index (Phi) is 5.57. The molecule has 0 radical (unpaired) electrons. The van der Waals surface area contributed by atoms with Crippen LogP contribution in [0.5, 0.6) is 0 Å². The van der Waals surface area contributed by atoms with Crippen molar-refractivity contribution < 1.29 is 14.2 Å². The van der Waals surface area contributed by atoms with E-state index >= 15 is 0 Å². The van der Waals surface area contributed by atoms with Crippen molar-refractivity contribution in [2.24, 2.45) is 0 Å². The van der Waals surface area contributed by atoms with Crippen molar-refractivity contribution in [3.63, 3.8) is 0 Å². The summed E-state index contributed by atoms with van der Waals surface area (Å²) in [5.74, 6) is 1.09. The van der Waals surface area contributed by atoms with Gasteiger partial charge in [0.25, 0.3) is 5.69 Å². The molecule has 1 aliphatic heterocycles. The van der Waals surface area contributed by atoms with Gasteiger partial charge in [-0.3, -0.25) is 19.8 Å². The molecule has 2 aromatic rings. The number of nitrogens with zero attached hydrogens (tertiary/aromatic N) is 5.